The number of para-hydroxylation sites is 1. The van der Waals surface area contributed by atoms with E-state index in [1.54, 1.807) is 24.3 Å². The minimum absolute atomic E-state index is 0.117. The van der Waals surface area contributed by atoms with E-state index in [0.29, 0.717) is 24.1 Å². The van der Waals surface area contributed by atoms with Crippen LogP contribution in [0.5, 0.6) is 0 Å². The fraction of sp³-hybridized carbons (Fsp3) is 0.429. The maximum atomic E-state index is 12.2. The molecule has 5 heteroatoms. The van der Waals surface area contributed by atoms with E-state index in [2.05, 4.69) is 5.32 Å². The number of nitrogens with one attached hydrogen (secondary N) is 1. The Morgan fingerprint density at radius 3 is 2.53 bits per heavy atom. The summed E-state index contributed by atoms with van der Waals surface area (Å²) in [6.07, 6.45) is 3.16. The summed E-state index contributed by atoms with van der Waals surface area (Å²) in [6.45, 7) is 0. The molecule has 0 radical (unpaired) electrons. The molecule has 1 aromatic carbocycles. The summed E-state index contributed by atoms with van der Waals surface area (Å²) < 4.78 is 0. The zero-order valence-electron chi connectivity index (χ0n) is 10.7. The summed E-state index contributed by atoms with van der Waals surface area (Å²) in [6, 6.07) is 6.91. The monoisotopic (exact) mass is 262 g/mol. The van der Waals surface area contributed by atoms with Crippen LogP contribution < -0.4 is 11.1 Å². The van der Waals surface area contributed by atoms with Crippen molar-refractivity contribution in [2.45, 2.75) is 37.6 Å². The third-order valence-electron chi connectivity index (χ3n) is 3.56. The second kappa shape index (κ2) is 5.40. The topological polar surface area (TPSA) is 92.4 Å². The normalized spacial score (nSPS) is 17.1. The molecule has 0 unspecified atom stereocenters. The molecule has 1 fully saturated rings. The van der Waals surface area contributed by atoms with Gasteiger partial charge in [-0.25, -0.2) is 0 Å². The summed E-state index contributed by atoms with van der Waals surface area (Å²) in [4.78, 5) is 23.0. The van der Waals surface area contributed by atoms with E-state index < -0.39 is 11.5 Å². The molecule has 0 spiro atoms. The number of amides is 1. The van der Waals surface area contributed by atoms with Gasteiger partial charge in [0.25, 0.3) is 0 Å². The first-order valence-electron chi connectivity index (χ1n) is 6.41. The highest BCUT2D eigenvalue weighted by atomic mass is 16.4. The predicted molar refractivity (Wildman–Crippen MR) is 71.8 cm³/mol. The molecule has 0 atom stereocenters. The summed E-state index contributed by atoms with van der Waals surface area (Å²) in [5, 5.41) is 11.6. The molecular weight excluding hydrogens is 244 g/mol. The largest absolute Gasteiger partial charge is 0.481 e. The third-order valence-corrected chi connectivity index (χ3v) is 3.56. The van der Waals surface area contributed by atoms with E-state index in [1.165, 1.54) is 0 Å². The van der Waals surface area contributed by atoms with Gasteiger partial charge in [0.2, 0.25) is 5.91 Å². The zero-order valence-corrected chi connectivity index (χ0v) is 10.7. The number of rotatable bonds is 4. The van der Waals surface area contributed by atoms with Crippen LogP contribution in [0.3, 0.4) is 0 Å². The lowest BCUT2D eigenvalue weighted by Crippen LogP contribution is -2.48. The number of carbonyl (C=O) groups is 2. The number of carboxylic acid groups (broad SMARTS) is 1. The summed E-state index contributed by atoms with van der Waals surface area (Å²) >= 11 is 0. The molecule has 0 heterocycles. The molecular formula is C14H18N2O3. The minimum Gasteiger partial charge on any atom is -0.481 e. The van der Waals surface area contributed by atoms with Crippen LogP contribution in [0.4, 0.5) is 5.69 Å². The van der Waals surface area contributed by atoms with Crippen LogP contribution >= 0.6 is 0 Å². The van der Waals surface area contributed by atoms with Crippen molar-refractivity contribution in [2.24, 2.45) is 5.73 Å². The number of hydrogen-bond acceptors (Lipinski definition) is 3. The quantitative estimate of drug-likeness (QED) is 0.767. The number of anilines is 1. The van der Waals surface area contributed by atoms with Gasteiger partial charge in [0.15, 0.2) is 0 Å². The number of carboxylic acids is 1. The average Bonchev–Trinajstić information content (AvgIpc) is 2.79. The zero-order chi connectivity index (χ0) is 13.9. The minimum atomic E-state index is -0.926. The summed E-state index contributed by atoms with van der Waals surface area (Å²) in [5.74, 6) is -1.15. The van der Waals surface area contributed by atoms with Gasteiger partial charge in [-0.3, -0.25) is 9.59 Å². The van der Waals surface area contributed by atoms with Crippen LogP contribution in [-0.2, 0) is 16.0 Å². The molecule has 1 saturated carbocycles. The van der Waals surface area contributed by atoms with Crippen molar-refractivity contribution >= 4 is 17.6 Å². The van der Waals surface area contributed by atoms with Crippen LogP contribution in [0.2, 0.25) is 0 Å². The van der Waals surface area contributed by atoms with Crippen LogP contribution in [0.25, 0.3) is 0 Å². The Kier molecular flexibility index (Phi) is 3.85. The maximum absolute atomic E-state index is 12.2. The molecule has 2 rings (SSSR count). The lowest BCUT2D eigenvalue weighted by atomic mass is 9.97. The van der Waals surface area contributed by atoms with Crippen molar-refractivity contribution < 1.29 is 14.7 Å². The fourth-order valence-corrected chi connectivity index (χ4v) is 2.44. The van der Waals surface area contributed by atoms with Crippen molar-refractivity contribution in [2.75, 3.05) is 5.32 Å². The third kappa shape index (κ3) is 3.12. The van der Waals surface area contributed by atoms with Crippen molar-refractivity contribution in [3.05, 3.63) is 29.8 Å². The number of carbonyl (C=O) groups excluding carboxylic acids is 1. The van der Waals surface area contributed by atoms with Gasteiger partial charge in [0.1, 0.15) is 0 Å². The molecule has 1 amide bonds. The van der Waals surface area contributed by atoms with Gasteiger partial charge in [-0.15, -0.1) is 0 Å². The first kappa shape index (κ1) is 13.5. The molecule has 0 bridgehead atoms. The van der Waals surface area contributed by atoms with E-state index in [-0.39, 0.29) is 12.3 Å². The van der Waals surface area contributed by atoms with Crippen molar-refractivity contribution in [1.82, 2.24) is 0 Å². The highest BCUT2D eigenvalue weighted by Gasteiger charge is 2.37. The van der Waals surface area contributed by atoms with Gasteiger partial charge in [0, 0.05) is 5.69 Å². The van der Waals surface area contributed by atoms with Crippen LogP contribution in [-0.4, -0.2) is 22.5 Å². The number of benzene rings is 1. The highest BCUT2D eigenvalue weighted by molar-refractivity contribution is 5.99. The van der Waals surface area contributed by atoms with Crippen molar-refractivity contribution in [1.29, 1.82) is 0 Å². The van der Waals surface area contributed by atoms with E-state index >= 15 is 0 Å². The molecule has 1 aliphatic carbocycles. The first-order chi connectivity index (χ1) is 9.01. The van der Waals surface area contributed by atoms with Gasteiger partial charge in [-0.05, 0) is 24.5 Å². The van der Waals surface area contributed by atoms with Crippen LogP contribution in [0.1, 0.15) is 31.2 Å². The molecule has 1 aromatic rings. The van der Waals surface area contributed by atoms with Crippen LogP contribution in [0, 0.1) is 0 Å². The highest BCUT2D eigenvalue weighted by Crippen LogP contribution is 2.29. The molecule has 0 aromatic heterocycles. The maximum Gasteiger partial charge on any atom is 0.307 e. The molecule has 0 aliphatic heterocycles. The van der Waals surface area contributed by atoms with Crippen molar-refractivity contribution in [3.63, 3.8) is 0 Å². The van der Waals surface area contributed by atoms with E-state index in [4.69, 9.17) is 10.8 Å². The standard InChI is InChI=1S/C14H18N2O3/c15-14(7-3-4-8-14)13(19)16-11-6-2-1-5-10(11)9-12(17)18/h1-2,5-6H,3-4,7-9,15H2,(H,16,19)(H,17,18). The lowest BCUT2D eigenvalue weighted by Gasteiger charge is -2.23. The molecule has 0 saturated heterocycles. The van der Waals surface area contributed by atoms with E-state index in [0.717, 1.165) is 12.8 Å². The van der Waals surface area contributed by atoms with Crippen molar-refractivity contribution in [3.8, 4) is 0 Å². The molecule has 1 aliphatic rings. The van der Waals surface area contributed by atoms with E-state index in [1.807, 2.05) is 0 Å². The fourth-order valence-electron chi connectivity index (χ4n) is 2.44. The Bertz CT molecular complexity index is 493. The van der Waals surface area contributed by atoms with Crippen LogP contribution in [0.15, 0.2) is 24.3 Å². The Hall–Kier alpha value is -1.88. The smallest absolute Gasteiger partial charge is 0.307 e. The van der Waals surface area contributed by atoms with Gasteiger partial charge in [-0.2, -0.15) is 0 Å². The van der Waals surface area contributed by atoms with Gasteiger partial charge < -0.3 is 16.2 Å². The lowest BCUT2D eigenvalue weighted by molar-refractivity contribution is -0.136. The van der Waals surface area contributed by atoms with E-state index in [9.17, 15) is 9.59 Å². The Morgan fingerprint density at radius 1 is 1.26 bits per heavy atom. The van der Waals surface area contributed by atoms with Gasteiger partial charge in [-0.1, -0.05) is 31.0 Å². The number of aliphatic carboxylic acids is 1. The molecule has 102 valence electrons. The predicted octanol–water partition coefficient (Wildman–Crippen LogP) is 1.52. The second-order valence-electron chi connectivity index (χ2n) is 5.05. The molecule has 4 N–H and O–H groups in total. The number of hydrogen-bond donors (Lipinski definition) is 3. The Labute approximate surface area is 111 Å². The summed E-state index contributed by atoms with van der Waals surface area (Å²) in [7, 11) is 0. The Morgan fingerprint density at radius 2 is 1.89 bits per heavy atom. The molecule has 5 nitrogen and oxygen atoms in total. The second-order valence-corrected chi connectivity index (χ2v) is 5.05. The first-order valence-corrected chi connectivity index (χ1v) is 6.41. The Balaban J connectivity index is 2.14. The molecule has 19 heavy (non-hydrogen) atoms. The van der Waals surface area contributed by atoms with Gasteiger partial charge in [0.05, 0.1) is 12.0 Å². The average molecular weight is 262 g/mol. The SMILES string of the molecule is NC1(C(=O)Nc2ccccc2CC(=O)O)CCCC1. The number of nitrogens with two attached hydrogens (primary N) is 1. The summed E-state index contributed by atoms with van der Waals surface area (Å²) in [5.41, 5.74) is 6.39. The van der Waals surface area contributed by atoms with Gasteiger partial charge >= 0.3 is 5.97 Å².